The summed E-state index contributed by atoms with van der Waals surface area (Å²) in [7, 11) is 0. The first-order valence-corrected chi connectivity index (χ1v) is 23.9. The number of fused-ring (bicyclic) bond motifs is 13. The molecule has 314 valence electrons. The monoisotopic (exact) mass is 813 g/mol. The summed E-state index contributed by atoms with van der Waals surface area (Å²) in [6.45, 7) is 32.3. The van der Waals surface area contributed by atoms with E-state index in [9.17, 15) is 0 Å². The Kier molecular flexibility index (Phi) is 7.45. The van der Waals surface area contributed by atoms with Gasteiger partial charge in [-0.2, -0.15) is 0 Å². The largest absolute Gasteiger partial charge is 0.376 e. The summed E-state index contributed by atoms with van der Waals surface area (Å²) in [6.07, 6.45) is 7.19. The molecule has 1 aromatic heterocycles. The minimum absolute atomic E-state index is 0.000316. The Bertz CT molecular complexity index is 3160. The molecule has 6 aromatic carbocycles. The molecule has 0 unspecified atom stereocenters. The van der Waals surface area contributed by atoms with Crippen LogP contribution in [0.3, 0.4) is 0 Å². The van der Waals surface area contributed by atoms with Gasteiger partial charge < -0.3 is 9.38 Å². The minimum Gasteiger partial charge on any atom is -0.376 e. The van der Waals surface area contributed by atoms with E-state index in [1.165, 1.54) is 149 Å². The van der Waals surface area contributed by atoms with E-state index >= 15 is 0 Å². The summed E-state index contributed by atoms with van der Waals surface area (Å²) in [5.41, 5.74) is 23.7. The summed E-state index contributed by atoms with van der Waals surface area (Å²) >= 11 is 0. The van der Waals surface area contributed by atoms with E-state index in [-0.39, 0.29) is 39.3 Å². The summed E-state index contributed by atoms with van der Waals surface area (Å²) < 4.78 is 2.76. The van der Waals surface area contributed by atoms with E-state index in [1.54, 1.807) is 0 Å². The van der Waals surface area contributed by atoms with Crippen molar-refractivity contribution in [3.05, 3.63) is 124 Å². The standard InChI is InChI=1S/C59H65BN2/c1-34-28-40-39-30-43-45(58(10,11)26-24-56(43,6)7)32-48(39)62(36-19-21-41-42(29-36)55(4,5)23-22-54(41,2)3)60-47-31-44-46(59(12,13)27-25-57(44,8)9)33-49(47)61-52-37-17-15-14-16-35(37)18-20-38(52)50(34)53(61)51(40)60/h14-21,28-33H,22-27H2,1-13H3. The van der Waals surface area contributed by atoms with Crippen LogP contribution in [-0.2, 0) is 32.5 Å². The molecule has 62 heavy (non-hydrogen) atoms. The lowest BCUT2D eigenvalue weighted by Gasteiger charge is -2.48. The summed E-state index contributed by atoms with van der Waals surface area (Å²) in [4.78, 5) is 2.86. The first-order valence-electron chi connectivity index (χ1n) is 23.9. The van der Waals surface area contributed by atoms with Crippen LogP contribution < -0.4 is 15.7 Å². The van der Waals surface area contributed by atoms with Gasteiger partial charge in [0.2, 0.25) is 0 Å². The van der Waals surface area contributed by atoms with Crippen molar-refractivity contribution in [2.75, 3.05) is 4.81 Å². The highest BCUT2D eigenvalue weighted by Crippen LogP contribution is 2.55. The van der Waals surface area contributed by atoms with Crippen LogP contribution in [0.2, 0.25) is 0 Å². The second-order valence-corrected chi connectivity index (χ2v) is 24.6. The Hall–Kier alpha value is -4.76. The maximum atomic E-state index is 2.86. The highest BCUT2D eigenvalue weighted by atomic mass is 15.1. The maximum absolute atomic E-state index is 2.86. The average Bonchev–Trinajstić information content (AvgIpc) is 3.59. The van der Waals surface area contributed by atoms with Gasteiger partial charge >= 0.3 is 6.85 Å². The molecule has 0 fully saturated rings. The van der Waals surface area contributed by atoms with Crippen molar-refractivity contribution in [2.45, 2.75) is 161 Å². The van der Waals surface area contributed by atoms with E-state index in [1.807, 2.05) is 0 Å². The number of hydrogen-bond acceptors (Lipinski definition) is 1. The summed E-state index contributed by atoms with van der Waals surface area (Å²) in [5, 5.41) is 5.42. The molecule has 0 saturated carbocycles. The average molecular weight is 813 g/mol. The third-order valence-corrected chi connectivity index (χ3v) is 17.9. The lowest BCUT2D eigenvalue weighted by molar-refractivity contribution is 0.332. The van der Waals surface area contributed by atoms with E-state index in [4.69, 9.17) is 0 Å². The van der Waals surface area contributed by atoms with Crippen molar-refractivity contribution in [1.82, 2.24) is 4.57 Å². The Morgan fingerprint density at radius 2 is 0.984 bits per heavy atom. The zero-order chi connectivity index (χ0) is 43.4. The van der Waals surface area contributed by atoms with Gasteiger partial charge in [0.05, 0.1) is 11.0 Å². The van der Waals surface area contributed by atoms with E-state index in [0.29, 0.717) is 0 Å². The third-order valence-electron chi connectivity index (χ3n) is 17.9. The van der Waals surface area contributed by atoms with Gasteiger partial charge in [-0.15, -0.1) is 0 Å². The number of aromatic nitrogens is 1. The highest BCUT2D eigenvalue weighted by Gasteiger charge is 2.49. The van der Waals surface area contributed by atoms with Crippen LogP contribution in [0, 0.1) is 6.92 Å². The number of aryl methyl sites for hydroxylation is 1. The summed E-state index contributed by atoms with van der Waals surface area (Å²) in [5.74, 6) is 0. The van der Waals surface area contributed by atoms with Crippen LogP contribution >= 0.6 is 0 Å². The van der Waals surface area contributed by atoms with Crippen LogP contribution in [0.15, 0.2) is 84.9 Å². The van der Waals surface area contributed by atoms with Gasteiger partial charge in [0.25, 0.3) is 0 Å². The predicted octanol–water partition coefficient (Wildman–Crippen LogP) is 14.5. The molecule has 3 heteroatoms. The van der Waals surface area contributed by atoms with Gasteiger partial charge in [-0.25, -0.2) is 0 Å². The van der Waals surface area contributed by atoms with Crippen LogP contribution in [0.1, 0.15) is 161 Å². The fourth-order valence-corrected chi connectivity index (χ4v) is 13.6. The van der Waals surface area contributed by atoms with E-state index in [2.05, 4.69) is 184 Å². The number of rotatable bonds is 1. The molecule has 0 spiro atoms. The molecule has 0 atom stereocenters. The fourth-order valence-electron chi connectivity index (χ4n) is 13.6. The molecule has 12 rings (SSSR count). The van der Waals surface area contributed by atoms with E-state index in [0.717, 1.165) is 0 Å². The van der Waals surface area contributed by atoms with Gasteiger partial charge in [-0.1, -0.05) is 138 Å². The second kappa shape index (κ2) is 11.9. The zero-order valence-corrected chi connectivity index (χ0v) is 39.8. The first kappa shape index (κ1) is 38.9. The predicted molar refractivity (Wildman–Crippen MR) is 268 cm³/mol. The number of hydrogen-bond donors (Lipinski definition) is 0. The normalized spacial score (nSPS) is 21.3. The molecule has 7 aromatic rings. The Morgan fingerprint density at radius 3 is 1.61 bits per heavy atom. The SMILES string of the molecule is Cc1cc2c3c4c1c1ccc5ccccc5c1n4-c1cc4c(cc1B3N(c1ccc3c(c1)C(C)(C)CCC3(C)C)c1cc3c(cc1-2)C(C)(C)CCC3(C)C)C(C)(C)CCC4(C)C. The molecular weight excluding hydrogens is 747 g/mol. The van der Waals surface area contributed by atoms with Crippen molar-refractivity contribution in [1.29, 1.82) is 0 Å². The van der Waals surface area contributed by atoms with E-state index < -0.39 is 0 Å². The van der Waals surface area contributed by atoms with Gasteiger partial charge in [0, 0.05) is 38.8 Å². The fraction of sp³-hybridized carbons (Fsp3) is 0.424. The van der Waals surface area contributed by atoms with Crippen molar-refractivity contribution in [3.63, 3.8) is 0 Å². The zero-order valence-electron chi connectivity index (χ0n) is 39.8. The van der Waals surface area contributed by atoms with Crippen LogP contribution in [-0.4, -0.2) is 11.4 Å². The molecule has 0 bridgehead atoms. The Labute approximate surface area is 371 Å². The van der Waals surface area contributed by atoms with Crippen molar-refractivity contribution in [3.8, 4) is 16.8 Å². The van der Waals surface area contributed by atoms with Gasteiger partial charge in [0.15, 0.2) is 0 Å². The molecular formula is C59H65BN2. The number of benzene rings is 6. The maximum Gasteiger partial charge on any atom is 0.333 e. The minimum atomic E-state index is 0.000316. The molecule has 0 N–H and O–H groups in total. The van der Waals surface area contributed by atoms with Gasteiger partial charge in [-0.05, 0) is 169 Å². The number of nitrogens with zero attached hydrogens (tertiary/aromatic N) is 2. The van der Waals surface area contributed by atoms with Crippen LogP contribution in [0.5, 0.6) is 0 Å². The Morgan fingerprint density at radius 1 is 0.452 bits per heavy atom. The molecule has 0 amide bonds. The molecule has 0 saturated heterocycles. The molecule has 5 aliphatic rings. The van der Waals surface area contributed by atoms with Crippen molar-refractivity contribution >= 4 is 61.7 Å². The molecule has 2 nitrogen and oxygen atoms in total. The lowest BCUT2D eigenvalue weighted by atomic mass is 9.43. The van der Waals surface area contributed by atoms with Crippen LogP contribution in [0.25, 0.3) is 49.4 Å². The first-order chi connectivity index (χ1) is 29.1. The molecule has 3 heterocycles. The Balaban J connectivity index is 1.30. The molecule has 0 radical (unpaired) electrons. The van der Waals surface area contributed by atoms with Crippen LogP contribution in [0.4, 0.5) is 11.4 Å². The number of anilines is 2. The molecule has 3 aliphatic carbocycles. The topological polar surface area (TPSA) is 8.17 Å². The smallest absolute Gasteiger partial charge is 0.333 e. The van der Waals surface area contributed by atoms with Crippen molar-refractivity contribution < 1.29 is 0 Å². The highest BCUT2D eigenvalue weighted by molar-refractivity contribution is 6.93. The second-order valence-electron chi connectivity index (χ2n) is 24.6. The lowest BCUT2D eigenvalue weighted by Crippen LogP contribution is -2.61. The molecule has 2 aliphatic heterocycles. The van der Waals surface area contributed by atoms with Gasteiger partial charge in [-0.3, -0.25) is 0 Å². The van der Waals surface area contributed by atoms with Gasteiger partial charge in [0.1, 0.15) is 0 Å². The van der Waals surface area contributed by atoms with Crippen molar-refractivity contribution in [2.24, 2.45) is 0 Å². The quantitative estimate of drug-likeness (QED) is 0.150. The third kappa shape index (κ3) is 4.95. The summed E-state index contributed by atoms with van der Waals surface area (Å²) in [6, 6.07) is 35.0.